The Hall–Kier alpha value is -0.580. The second-order valence-electron chi connectivity index (χ2n) is 4.25. The summed E-state index contributed by atoms with van der Waals surface area (Å²) >= 11 is 8.36. The van der Waals surface area contributed by atoms with Crippen molar-refractivity contribution in [2.75, 3.05) is 0 Å². The van der Waals surface area contributed by atoms with Crippen molar-refractivity contribution in [3.63, 3.8) is 0 Å². The van der Waals surface area contributed by atoms with Crippen molar-refractivity contribution < 1.29 is 0 Å². The first-order valence-corrected chi connectivity index (χ1v) is 7.37. The Kier molecular flexibility index (Phi) is 4.65. The summed E-state index contributed by atoms with van der Waals surface area (Å²) < 4.78 is 1.05. The van der Waals surface area contributed by atoms with Crippen molar-refractivity contribution in [1.82, 2.24) is 0 Å². The van der Waals surface area contributed by atoms with Crippen LogP contribution in [0, 0.1) is 3.57 Å². The molecule has 0 spiro atoms. The van der Waals surface area contributed by atoms with Crippen LogP contribution in [0.2, 0.25) is 5.02 Å². The van der Waals surface area contributed by atoms with Crippen molar-refractivity contribution >= 4 is 34.2 Å². The van der Waals surface area contributed by atoms with Gasteiger partial charge in [-0.2, -0.15) is 0 Å². The minimum atomic E-state index is -0.119. The third-order valence-electron chi connectivity index (χ3n) is 3.02. The maximum atomic E-state index is 6.30. The van der Waals surface area contributed by atoms with E-state index >= 15 is 0 Å². The maximum absolute atomic E-state index is 6.30. The summed E-state index contributed by atoms with van der Waals surface area (Å²) in [4.78, 5) is 0. The zero-order valence-corrected chi connectivity index (χ0v) is 13.1. The molecule has 1 nitrogen and oxygen atoms in total. The fourth-order valence-electron chi connectivity index (χ4n) is 1.90. The van der Waals surface area contributed by atoms with Gasteiger partial charge in [0.05, 0.1) is 11.1 Å². The number of hydrogen-bond donors (Lipinski definition) is 1. The lowest BCUT2D eigenvalue weighted by Gasteiger charge is -2.14. The summed E-state index contributed by atoms with van der Waals surface area (Å²) in [6.07, 6.45) is 1.02. The predicted octanol–water partition coefficient (Wildman–Crippen LogP) is 4.56. The molecule has 1 unspecified atom stereocenters. The van der Waals surface area contributed by atoms with E-state index < -0.39 is 0 Å². The molecule has 1 atom stereocenters. The maximum Gasteiger partial charge on any atom is 0.0552 e. The van der Waals surface area contributed by atoms with E-state index in [9.17, 15) is 0 Å². The first-order valence-electron chi connectivity index (χ1n) is 5.91. The Balaban J connectivity index is 2.34. The molecule has 94 valence electrons. The van der Waals surface area contributed by atoms with Gasteiger partial charge < -0.3 is 5.73 Å². The molecule has 0 fully saturated rings. The Morgan fingerprint density at radius 3 is 2.56 bits per heavy atom. The summed E-state index contributed by atoms with van der Waals surface area (Å²) in [5.74, 6) is 0. The first-order chi connectivity index (χ1) is 8.61. The van der Waals surface area contributed by atoms with Crippen molar-refractivity contribution in [1.29, 1.82) is 0 Å². The highest BCUT2D eigenvalue weighted by Gasteiger charge is 2.10. The number of halogens is 2. The molecule has 2 aromatic rings. The fraction of sp³-hybridized carbons (Fsp3) is 0.200. The van der Waals surface area contributed by atoms with Gasteiger partial charge in [0, 0.05) is 3.57 Å². The van der Waals surface area contributed by atoms with Crippen LogP contribution in [0.1, 0.15) is 29.7 Å². The topological polar surface area (TPSA) is 26.0 Å². The molecule has 0 aliphatic carbocycles. The van der Waals surface area contributed by atoms with Gasteiger partial charge in [-0.25, -0.2) is 0 Å². The van der Waals surface area contributed by atoms with Crippen LogP contribution >= 0.6 is 34.2 Å². The molecule has 0 bridgehead atoms. The highest BCUT2D eigenvalue weighted by atomic mass is 127. The van der Waals surface area contributed by atoms with E-state index in [1.165, 1.54) is 5.56 Å². The van der Waals surface area contributed by atoms with E-state index in [-0.39, 0.29) is 6.04 Å². The minimum absolute atomic E-state index is 0.119. The molecule has 0 radical (unpaired) electrons. The van der Waals surface area contributed by atoms with E-state index in [0.717, 1.165) is 26.1 Å². The second-order valence-corrected chi connectivity index (χ2v) is 5.82. The van der Waals surface area contributed by atoms with Crippen LogP contribution in [0.15, 0.2) is 42.5 Å². The smallest absolute Gasteiger partial charge is 0.0552 e. The van der Waals surface area contributed by atoms with Gasteiger partial charge in [-0.15, -0.1) is 0 Å². The molecule has 0 heterocycles. The van der Waals surface area contributed by atoms with Crippen LogP contribution in [0.3, 0.4) is 0 Å². The fourth-order valence-corrected chi connectivity index (χ4v) is 2.43. The summed E-state index contributed by atoms with van der Waals surface area (Å²) in [6, 6.07) is 14.3. The van der Waals surface area contributed by atoms with E-state index in [1.54, 1.807) is 0 Å². The van der Waals surface area contributed by atoms with Crippen LogP contribution in [-0.2, 0) is 6.42 Å². The van der Waals surface area contributed by atoms with Crippen LogP contribution in [0.5, 0.6) is 0 Å². The van der Waals surface area contributed by atoms with Crippen LogP contribution in [0.4, 0.5) is 0 Å². The molecule has 3 heteroatoms. The highest BCUT2D eigenvalue weighted by Crippen LogP contribution is 2.26. The van der Waals surface area contributed by atoms with Gasteiger partial charge in [0.25, 0.3) is 0 Å². The molecule has 2 rings (SSSR count). The van der Waals surface area contributed by atoms with Gasteiger partial charge >= 0.3 is 0 Å². The number of aryl methyl sites for hydroxylation is 1. The average Bonchev–Trinajstić information content (AvgIpc) is 2.41. The Morgan fingerprint density at radius 1 is 1.17 bits per heavy atom. The lowest BCUT2D eigenvalue weighted by atomic mass is 9.97. The van der Waals surface area contributed by atoms with Crippen molar-refractivity contribution in [3.05, 3.63) is 67.7 Å². The number of rotatable bonds is 3. The van der Waals surface area contributed by atoms with Gasteiger partial charge in [-0.3, -0.25) is 0 Å². The lowest BCUT2D eigenvalue weighted by molar-refractivity contribution is 0.867. The third kappa shape index (κ3) is 3.05. The van der Waals surface area contributed by atoms with E-state index in [0.29, 0.717) is 0 Å². The van der Waals surface area contributed by atoms with Crippen molar-refractivity contribution in [2.45, 2.75) is 19.4 Å². The van der Waals surface area contributed by atoms with Crippen LogP contribution in [0.25, 0.3) is 0 Å². The minimum Gasteiger partial charge on any atom is -0.320 e. The molecular weight excluding hydrogens is 357 g/mol. The second kappa shape index (κ2) is 6.04. The summed E-state index contributed by atoms with van der Waals surface area (Å²) in [5, 5.41) is 0.759. The van der Waals surface area contributed by atoms with E-state index in [4.69, 9.17) is 17.3 Å². The molecule has 0 aromatic heterocycles. The zero-order valence-electron chi connectivity index (χ0n) is 10.2. The highest BCUT2D eigenvalue weighted by molar-refractivity contribution is 14.1. The zero-order chi connectivity index (χ0) is 13.1. The number of benzene rings is 2. The Labute approximate surface area is 126 Å². The van der Waals surface area contributed by atoms with Crippen LogP contribution < -0.4 is 5.73 Å². The van der Waals surface area contributed by atoms with E-state index in [1.807, 2.05) is 18.2 Å². The van der Waals surface area contributed by atoms with Gasteiger partial charge in [0.1, 0.15) is 0 Å². The summed E-state index contributed by atoms with van der Waals surface area (Å²) in [7, 11) is 0. The summed E-state index contributed by atoms with van der Waals surface area (Å²) in [6.45, 7) is 2.15. The van der Waals surface area contributed by atoms with Gasteiger partial charge in [-0.1, -0.05) is 48.9 Å². The quantitative estimate of drug-likeness (QED) is 0.787. The largest absolute Gasteiger partial charge is 0.320 e. The first kappa shape index (κ1) is 13.8. The number of nitrogens with two attached hydrogens (primary N) is 1. The van der Waals surface area contributed by atoms with Crippen molar-refractivity contribution in [3.8, 4) is 0 Å². The molecule has 2 aromatic carbocycles. The molecule has 0 saturated heterocycles. The summed E-state index contributed by atoms with van der Waals surface area (Å²) in [5.41, 5.74) is 9.78. The molecular formula is C15H15ClIN. The monoisotopic (exact) mass is 371 g/mol. The Morgan fingerprint density at radius 2 is 1.89 bits per heavy atom. The molecule has 0 aliphatic rings. The molecule has 18 heavy (non-hydrogen) atoms. The van der Waals surface area contributed by atoms with Gasteiger partial charge in [-0.05, 0) is 57.8 Å². The van der Waals surface area contributed by atoms with Gasteiger partial charge in [0.15, 0.2) is 0 Å². The standard InChI is InChI=1S/C15H15ClIN/c1-2-10-4-3-5-11(8-10)15(18)12-6-7-14(17)13(16)9-12/h3-9,15H,2,18H2,1H3. The van der Waals surface area contributed by atoms with E-state index in [2.05, 4.69) is 53.8 Å². The molecule has 0 saturated carbocycles. The predicted molar refractivity (Wildman–Crippen MR) is 86.0 cm³/mol. The van der Waals surface area contributed by atoms with Crippen LogP contribution in [-0.4, -0.2) is 0 Å². The Bertz CT molecular complexity index is 554. The third-order valence-corrected chi connectivity index (χ3v) is 4.59. The molecule has 0 aliphatic heterocycles. The normalized spacial score (nSPS) is 12.4. The SMILES string of the molecule is CCc1cccc(C(N)c2ccc(I)c(Cl)c2)c1. The number of hydrogen-bond acceptors (Lipinski definition) is 1. The average molecular weight is 372 g/mol. The van der Waals surface area contributed by atoms with Crippen molar-refractivity contribution in [2.24, 2.45) is 5.73 Å². The lowest BCUT2D eigenvalue weighted by Crippen LogP contribution is -2.12. The molecule has 2 N–H and O–H groups in total. The molecule has 0 amide bonds. The van der Waals surface area contributed by atoms with Gasteiger partial charge in [0.2, 0.25) is 0 Å².